The van der Waals surface area contributed by atoms with Gasteiger partial charge in [-0.15, -0.1) is 0 Å². The molecule has 0 atom stereocenters. The third-order valence-electron chi connectivity index (χ3n) is 2.30. The highest BCUT2D eigenvalue weighted by Gasteiger charge is 2.13. The molecule has 1 heterocycles. The Hall–Kier alpha value is -2.14. The van der Waals surface area contributed by atoms with Gasteiger partial charge in [0.1, 0.15) is 5.75 Å². The smallest absolute Gasteiger partial charge is 0.354 e. The van der Waals surface area contributed by atoms with Gasteiger partial charge in [-0.2, -0.15) is 0 Å². The van der Waals surface area contributed by atoms with Crippen molar-refractivity contribution in [1.82, 2.24) is 9.97 Å². The Labute approximate surface area is 108 Å². The number of ether oxygens (including phenoxy) is 1. The van der Waals surface area contributed by atoms with Gasteiger partial charge in [0.2, 0.25) is 5.28 Å². The molecule has 0 unspecified atom stereocenters. The van der Waals surface area contributed by atoms with Crippen LogP contribution in [0.1, 0.15) is 10.5 Å². The fourth-order valence-electron chi connectivity index (χ4n) is 1.52. The molecule has 0 spiro atoms. The van der Waals surface area contributed by atoms with E-state index in [-0.39, 0.29) is 11.0 Å². The molecule has 1 N–H and O–H groups in total. The zero-order valence-corrected chi connectivity index (χ0v) is 10.2. The van der Waals surface area contributed by atoms with Crippen LogP contribution in [0.2, 0.25) is 5.28 Å². The van der Waals surface area contributed by atoms with Crippen LogP contribution in [0.4, 0.5) is 0 Å². The van der Waals surface area contributed by atoms with Gasteiger partial charge in [0.25, 0.3) is 0 Å². The summed E-state index contributed by atoms with van der Waals surface area (Å²) in [6, 6.07) is 8.48. The number of rotatable bonds is 3. The zero-order valence-electron chi connectivity index (χ0n) is 9.42. The average Bonchev–Trinajstić information content (AvgIpc) is 2.38. The monoisotopic (exact) mass is 264 g/mol. The van der Waals surface area contributed by atoms with E-state index >= 15 is 0 Å². The van der Waals surface area contributed by atoms with Gasteiger partial charge >= 0.3 is 5.97 Å². The van der Waals surface area contributed by atoms with Crippen molar-refractivity contribution >= 4 is 17.6 Å². The standard InChI is InChI=1S/C12H9ClN2O3/c1-18-10-5-3-2-4-7(10)8-6-9(11(16)17)15-12(13)14-8/h2-6H,1H3,(H,16,17). The molecule has 0 amide bonds. The minimum atomic E-state index is -1.16. The van der Waals surface area contributed by atoms with E-state index in [0.29, 0.717) is 17.0 Å². The Morgan fingerprint density at radius 3 is 2.72 bits per heavy atom. The molecule has 92 valence electrons. The van der Waals surface area contributed by atoms with E-state index in [9.17, 15) is 4.79 Å². The molecule has 0 aliphatic heterocycles. The third-order valence-corrected chi connectivity index (χ3v) is 2.47. The number of carboxylic acid groups (broad SMARTS) is 1. The lowest BCUT2D eigenvalue weighted by atomic mass is 10.1. The topological polar surface area (TPSA) is 72.3 Å². The number of aromatic carboxylic acids is 1. The highest BCUT2D eigenvalue weighted by molar-refractivity contribution is 6.28. The molecule has 0 radical (unpaired) electrons. The zero-order chi connectivity index (χ0) is 13.1. The maximum absolute atomic E-state index is 10.9. The molecule has 1 aromatic heterocycles. The predicted molar refractivity (Wildman–Crippen MR) is 66.0 cm³/mol. The van der Waals surface area contributed by atoms with Gasteiger partial charge in [-0.3, -0.25) is 0 Å². The van der Waals surface area contributed by atoms with Crippen molar-refractivity contribution in [2.75, 3.05) is 7.11 Å². The number of para-hydroxylation sites is 1. The minimum absolute atomic E-state index is 0.115. The fourth-order valence-corrected chi connectivity index (χ4v) is 1.70. The van der Waals surface area contributed by atoms with E-state index < -0.39 is 5.97 Å². The van der Waals surface area contributed by atoms with Gasteiger partial charge in [0.15, 0.2) is 5.69 Å². The van der Waals surface area contributed by atoms with Gasteiger partial charge in [0.05, 0.1) is 12.8 Å². The molecule has 18 heavy (non-hydrogen) atoms. The van der Waals surface area contributed by atoms with E-state index in [2.05, 4.69) is 9.97 Å². The Bertz CT molecular complexity index is 602. The first-order chi connectivity index (χ1) is 8.61. The van der Waals surface area contributed by atoms with E-state index in [0.717, 1.165) is 0 Å². The van der Waals surface area contributed by atoms with Gasteiger partial charge in [-0.05, 0) is 29.8 Å². The summed E-state index contributed by atoms with van der Waals surface area (Å²) in [5.74, 6) is -0.570. The molecule has 2 aromatic rings. The Kier molecular flexibility index (Phi) is 3.43. The van der Waals surface area contributed by atoms with Crippen LogP contribution in [0.5, 0.6) is 5.75 Å². The van der Waals surface area contributed by atoms with Gasteiger partial charge in [-0.1, -0.05) is 12.1 Å². The quantitative estimate of drug-likeness (QED) is 0.863. The van der Waals surface area contributed by atoms with Gasteiger partial charge in [0, 0.05) is 5.56 Å². The lowest BCUT2D eigenvalue weighted by Crippen LogP contribution is -2.03. The summed E-state index contributed by atoms with van der Waals surface area (Å²) in [5.41, 5.74) is 0.910. The third kappa shape index (κ3) is 2.41. The van der Waals surface area contributed by atoms with Gasteiger partial charge < -0.3 is 9.84 Å². The molecule has 0 saturated heterocycles. The van der Waals surface area contributed by atoms with Crippen LogP contribution in [0.3, 0.4) is 0 Å². The SMILES string of the molecule is COc1ccccc1-c1cc(C(=O)O)nc(Cl)n1. The summed E-state index contributed by atoms with van der Waals surface area (Å²) < 4.78 is 5.19. The maximum atomic E-state index is 10.9. The second-order valence-corrected chi connectivity index (χ2v) is 3.75. The average molecular weight is 265 g/mol. The molecule has 6 heteroatoms. The Balaban J connectivity index is 2.60. The van der Waals surface area contributed by atoms with Crippen molar-refractivity contribution in [2.24, 2.45) is 0 Å². The van der Waals surface area contributed by atoms with Crippen LogP contribution in [-0.4, -0.2) is 28.2 Å². The summed E-state index contributed by atoms with van der Waals surface area (Å²) in [6.45, 7) is 0. The number of aromatic nitrogens is 2. The molecule has 2 rings (SSSR count). The normalized spacial score (nSPS) is 10.1. The second kappa shape index (κ2) is 5.01. The summed E-state index contributed by atoms with van der Waals surface area (Å²) in [6.07, 6.45) is 0. The molecule has 1 aromatic carbocycles. The highest BCUT2D eigenvalue weighted by atomic mass is 35.5. The second-order valence-electron chi connectivity index (χ2n) is 3.41. The molecular formula is C12H9ClN2O3. The molecule has 0 aliphatic carbocycles. The van der Waals surface area contributed by atoms with Crippen molar-refractivity contribution in [1.29, 1.82) is 0 Å². The van der Waals surface area contributed by atoms with E-state index in [1.54, 1.807) is 18.2 Å². The lowest BCUT2D eigenvalue weighted by molar-refractivity contribution is 0.0690. The Morgan fingerprint density at radius 2 is 2.06 bits per heavy atom. The molecule has 0 saturated carbocycles. The van der Waals surface area contributed by atoms with E-state index in [1.807, 2.05) is 6.07 Å². The van der Waals surface area contributed by atoms with Gasteiger partial charge in [-0.25, -0.2) is 14.8 Å². The van der Waals surface area contributed by atoms with Crippen LogP contribution in [0.15, 0.2) is 30.3 Å². The van der Waals surface area contributed by atoms with Crippen LogP contribution < -0.4 is 4.74 Å². The van der Waals surface area contributed by atoms with Crippen LogP contribution in [0.25, 0.3) is 11.3 Å². The van der Waals surface area contributed by atoms with Crippen molar-refractivity contribution in [3.8, 4) is 17.0 Å². The number of methoxy groups -OCH3 is 1. The molecule has 0 bridgehead atoms. The predicted octanol–water partition coefficient (Wildman–Crippen LogP) is 2.50. The molecule has 0 aliphatic rings. The molecule has 0 fully saturated rings. The molecule has 5 nitrogen and oxygen atoms in total. The number of carbonyl (C=O) groups is 1. The summed E-state index contributed by atoms with van der Waals surface area (Å²) in [4.78, 5) is 18.5. The maximum Gasteiger partial charge on any atom is 0.354 e. The van der Waals surface area contributed by atoms with Crippen molar-refractivity contribution in [3.63, 3.8) is 0 Å². The number of hydrogen-bond donors (Lipinski definition) is 1. The summed E-state index contributed by atoms with van der Waals surface area (Å²) in [5, 5.41) is 8.81. The van der Waals surface area contributed by atoms with Crippen LogP contribution in [-0.2, 0) is 0 Å². The first kappa shape index (κ1) is 12.3. The van der Waals surface area contributed by atoms with Crippen molar-refractivity contribution in [2.45, 2.75) is 0 Å². The van der Waals surface area contributed by atoms with Crippen molar-refractivity contribution in [3.05, 3.63) is 41.3 Å². The fraction of sp³-hybridized carbons (Fsp3) is 0.0833. The van der Waals surface area contributed by atoms with E-state index in [1.165, 1.54) is 13.2 Å². The number of carboxylic acids is 1. The highest BCUT2D eigenvalue weighted by Crippen LogP contribution is 2.28. The number of halogens is 1. The van der Waals surface area contributed by atoms with E-state index in [4.69, 9.17) is 21.4 Å². The minimum Gasteiger partial charge on any atom is -0.496 e. The molecular weight excluding hydrogens is 256 g/mol. The Morgan fingerprint density at radius 1 is 1.33 bits per heavy atom. The van der Waals surface area contributed by atoms with Crippen LogP contribution in [0, 0.1) is 0 Å². The largest absolute Gasteiger partial charge is 0.496 e. The van der Waals surface area contributed by atoms with Crippen LogP contribution >= 0.6 is 11.6 Å². The number of benzene rings is 1. The first-order valence-electron chi connectivity index (χ1n) is 5.03. The summed E-state index contributed by atoms with van der Waals surface area (Å²) >= 11 is 5.71. The lowest BCUT2D eigenvalue weighted by Gasteiger charge is -2.08. The summed E-state index contributed by atoms with van der Waals surface area (Å²) in [7, 11) is 1.53. The number of hydrogen-bond acceptors (Lipinski definition) is 4. The number of nitrogens with zero attached hydrogens (tertiary/aromatic N) is 2. The van der Waals surface area contributed by atoms with Crippen molar-refractivity contribution < 1.29 is 14.6 Å². The first-order valence-corrected chi connectivity index (χ1v) is 5.41.